The van der Waals surface area contributed by atoms with Crippen molar-refractivity contribution >= 4 is 44.6 Å². The fourth-order valence-electron chi connectivity index (χ4n) is 6.65. The number of fused-ring (bicyclic) bond motifs is 1. The van der Waals surface area contributed by atoms with E-state index in [1.54, 1.807) is 56.5 Å². The van der Waals surface area contributed by atoms with E-state index < -0.39 is 51.2 Å². The van der Waals surface area contributed by atoms with E-state index in [1.807, 2.05) is 42.5 Å². The second-order valence-corrected chi connectivity index (χ2v) is 14.9. The monoisotopic (exact) mass is 751 g/mol. The Balaban J connectivity index is 1.24. The molecule has 3 N–H and O–H groups in total. The molecule has 54 heavy (non-hydrogen) atoms. The lowest BCUT2D eigenvalue weighted by Gasteiger charge is -2.25. The maximum atomic E-state index is 14.0. The number of carbonyl (C=O) groups is 4. The van der Waals surface area contributed by atoms with Crippen LogP contribution in [0.1, 0.15) is 19.8 Å². The van der Waals surface area contributed by atoms with Gasteiger partial charge in [0.25, 0.3) is 10.0 Å². The first kappa shape index (κ1) is 37.7. The zero-order valence-electron chi connectivity index (χ0n) is 29.9. The van der Waals surface area contributed by atoms with Gasteiger partial charge in [0.2, 0.25) is 23.6 Å². The molecule has 4 amide bonds. The Kier molecular flexibility index (Phi) is 11.1. The summed E-state index contributed by atoms with van der Waals surface area (Å²) in [6.07, 6.45) is 4.10. The first-order valence-corrected chi connectivity index (χ1v) is 18.9. The SMILES string of the molecule is C=CC1CC1(CNC(=O)C1CC(Oc2cc(-c3ccccc3)nc3cc(OC)ccc23)CN1C(=O)CNC(=O)C=CC)C(=O)NS(=O)(=O)c1ccccc1. The molecule has 0 bridgehead atoms. The number of likely N-dealkylation sites (tertiary alicyclic amines) is 1. The van der Waals surface area contributed by atoms with Crippen molar-refractivity contribution in [2.75, 3.05) is 26.7 Å². The molecule has 6 rings (SSSR count). The van der Waals surface area contributed by atoms with Gasteiger partial charge in [-0.15, -0.1) is 6.58 Å². The lowest BCUT2D eigenvalue weighted by molar-refractivity contribution is -0.138. The second kappa shape index (κ2) is 15.9. The molecule has 3 aromatic carbocycles. The van der Waals surface area contributed by atoms with E-state index in [9.17, 15) is 27.6 Å². The summed E-state index contributed by atoms with van der Waals surface area (Å²) in [6, 6.07) is 23.3. The molecule has 0 radical (unpaired) electrons. The van der Waals surface area contributed by atoms with Crippen LogP contribution in [0.2, 0.25) is 0 Å². The van der Waals surface area contributed by atoms with Crippen molar-refractivity contribution in [2.45, 2.75) is 36.8 Å². The van der Waals surface area contributed by atoms with Crippen LogP contribution in [-0.4, -0.2) is 80.8 Å². The summed E-state index contributed by atoms with van der Waals surface area (Å²) < 4.78 is 40.1. The van der Waals surface area contributed by atoms with Gasteiger partial charge < -0.3 is 25.0 Å². The maximum Gasteiger partial charge on any atom is 0.264 e. The summed E-state index contributed by atoms with van der Waals surface area (Å²) in [4.78, 5) is 59.3. The normalized spacial score (nSPS) is 20.6. The highest BCUT2D eigenvalue weighted by Crippen LogP contribution is 2.53. The number of hydrogen-bond acceptors (Lipinski definition) is 9. The van der Waals surface area contributed by atoms with Crippen molar-refractivity contribution in [1.29, 1.82) is 0 Å². The van der Waals surface area contributed by atoms with Crippen molar-refractivity contribution < 1.29 is 37.1 Å². The molecule has 1 aliphatic carbocycles. The molecule has 1 saturated heterocycles. The lowest BCUT2D eigenvalue weighted by Crippen LogP contribution is -2.51. The molecular weight excluding hydrogens is 711 g/mol. The summed E-state index contributed by atoms with van der Waals surface area (Å²) in [6.45, 7) is 4.92. The van der Waals surface area contributed by atoms with Gasteiger partial charge in [0.1, 0.15) is 23.6 Å². The van der Waals surface area contributed by atoms with Gasteiger partial charge in [0, 0.05) is 36.0 Å². The number of sulfonamides is 1. The average molecular weight is 752 g/mol. The van der Waals surface area contributed by atoms with E-state index in [4.69, 9.17) is 14.5 Å². The molecule has 0 spiro atoms. The summed E-state index contributed by atoms with van der Waals surface area (Å²) in [7, 11) is -2.60. The Hall–Kier alpha value is -6.02. The van der Waals surface area contributed by atoms with Crippen LogP contribution in [0.5, 0.6) is 11.5 Å². The van der Waals surface area contributed by atoms with Gasteiger partial charge in [-0.25, -0.2) is 18.1 Å². The highest BCUT2D eigenvalue weighted by Gasteiger charge is 2.59. The fourth-order valence-corrected chi connectivity index (χ4v) is 7.73. The van der Waals surface area contributed by atoms with Gasteiger partial charge in [0.05, 0.1) is 41.7 Å². The van der Waals surface area contributed by atoms with Crippen LogP contribution in [0.4, 0.5) is 0 Å². The van der Waals surface area contributed by atoms with Crippen LogP contribution < -0.4 is 24.8 Å². The van der Waals surface area contributed by atoms with E-state index in [1.165, 1.54) is 23.1 Å². The number of carbonyl (C=O) groups excluding carboxylic acids is 4. The molecule has 1 saturated carbocycles. The van der Waals surface area contributed by atoms with Gasteiger partial charge >= 0.3 is 0 Å². The van der Waals surface area contributed by atoms with Gasteiger partial charge in [-0.05, 0) is 49.6 Å². The number of rotatable bonds is 14. The third-order valence-corrected chi connectivity index (χ3v) is 11.0. The Morgan fingerprint density at radius 2 is 1.72 bits per heavy atom. The molecule has 1 aliphatic heterocycles. The molecule has 4 aromatic rings. The molecule has 14 heteroatoms. The minimum Gasteiger partial charge on any atom is -0.497 e. The quantitative estimate of drug-likeness (QED) is 0.128. The number of allylic oxidation sites excluding steroid dienone is 2. The number of pyridine rings is 1. The van der Waals surface area contributed by atoms with Gasteiger partial charge in [0.15, 0.2) is 0 Å². The van der Waals surface area contributed by atoms with Crippen LogP contribution >= 0.6 is 0 Å². The zero-order chi connectivity index (χ0) is 38.5. The first-order chi connectivity index (χ1) is 26.0. The maximum absolute atomic E-state index is 14.0. The minimum absolute atomic E-state index is 0.0211. The summed E-state index contributed by atoms with van der Waals surface area (Å²) in [5.74, 6) is -1.59. The average Bonchev–Trinajstić information content (AvgIpc) is 3.77. The number of methoxy groups -OCH3 is 1. The van der Waals surface area contributed by atoms with Gasteiger partial charge in [-0.2, -0.15) is 0 Å². The molecule has 2 fully saturated rings. The third kappa shape index (κ3) is 8.13. The van der Waals surface area contributed by atoms with E-state index >= 15 is 0 Å². The van der Waals surface area contributed by atoms with Crippen molar-refractivity contribution in [3.8, 4) is 22.8 Å². The number of hydrogen-bond donors (Lipinski definition) is 3. The first-order valence-electron chi connectivity index (χ1n) is 17.4. The Bertz CT molecular complexity index is 2210. The van der Waals surface area contributed by atoms with Crippen LogP contribution in [0.25, 0.3) is 22.2 Å². The Morgan fingerprint density at radius 1 is 1.00 bits per heavy atom. The van der Waals surface area contributed by atoms with Crippen LogP contribution in [0, 0.1) is 11.3 Å². The van der Waals surface area contributed by atoms with Crippen LogP contribution in [-0.2, 0) is 29.2 Å². The molecule has 280 valence electrons. The molecular formula is C40H41N5O8S. The number of nitrogens with zero attached hydrogens (tertiary/aromatic N) is 2. The van der Waals surface area contributed by atoms with Gasteiger partial charge in [-0.1, -0.05) is 60.7 Å². The predicted molar refractivity (Wildman–Crippen MR) is 202 cm³/mol. The fraction of sp³-hybridized carbons (Fsp3) is 0.275. The van der Waals surface area contributed by atoms with E-state index in [-0.39, 0.29) is 43.3 Å². The predicted octanol–water partition coefficient (Wildman–Crippen LogP) is 3.76. The van der Waals surface area contributed by atoms with Gasteiger partial charge in [-0.3, -0.25) is 19.2 Å². The minimum atomic E-state index is -4.17. The highest BCUT2D eigenvalue weighted by atomic mass is 32.2. The number of amides is 4. The number of aromatic nitrogens is 1. The Labute approximate surface area is 313 Å². The molecule has 1 aromatic heterocycles. The van der Waals surface area contributed by atoms with E-state index in [0.717, 1.165) is 5.56 Å². The van der Waals surface area contributed by atoms with Crippen LogP contribution in [0.3, 0.4) is 0 Å². The standard InChI is InChI=1S/C40H41N5O8S/c1-4-12-36(46)41-23-37(47)45-24-29(53-35-21-32(26-13-8-6-9-14-26)43-33-19-28(52-3)17-18-31(33)35)20-34(45)38(48)42-25-40(22-27(40)5-2)39(49)44-54(50,51)30-15-10-7-11-16-30/h4-19,21,27,29,34H,2,20,22-25H2,1,3H3,(H,41,46)(H,42,48)(H,44,49). The summed E-state index contributed by atoms with van der Waals surface area (Å²) in [5, 5.41) is 6.05. The van der Waals surface area contributed by atoms with E-state index in [0.29, 0.717) is 28.1 Å². The molecule has 4 atom stereocenters. The second-order valence-electron chi connectivity index (χ2n) is 13.2. The van der Waals surface area contributed by atoms with Crippen molar-refractivity contribution in [3.05, 3.63) is 110 Å². The molecule has 2 aliphatic rings. The molecule has 13 nitrogen and oxygen atoms in total. The zero-order valence-corrected chi connectivity index (χ0v) is 30.7. The van der Waals surface area contributed by atoms with Crippen molar-refractivity contribution in [2.24, 2.45) is 11.3 Å². The van der Waals surface area contributed by atoms with Crippen molar-refractivity contribution in [3.63, 3.8) is 0 Å². The summed E-state index contributed by atoms with van der Waals surface area (Å²) >= 11 is 0. The molecule has 2 heterocycles. The highest BCUT2D eigenvalue weighted by molar-refractivity contribution is 7.90. The van der Waals surface area contributed by atoms with Crippen LogP contribution in [0.15, 0.2) is 115 Å². The topological polar surface area (TPSA) is 173 Å². The number of ether oxygens (including phenoxy) is 2. The largest absolute Gasteiger partial charge is 0.497 e. The Morgan fingerprint density at radius 3 is 2.39 bits per heavy atom. The van der Waals surface area contributed by atoms with E-state index in [2.05, 4.69) is 21.9 Å². The third-order valence-electron chi connectivity index (χ3n) is 9.69. The smallest absolute Gasteiger partial charge is 0.264 e. The molecule has 4 unspecified atom stereocenters. The number of benzene rings is 3. The summed E-state index contributed by atoms with van der Waals surface area (Å²) in [5.41, 5.74) is 0.874. The number of nitrogens with one attached hydrogen (secondary N) is 3. The lowest BCUT2D eigenvalue weighted by atomic mass is 10.0. The van der Waals surface area contributed by atoms with Crippen molar-refractivity contribution in [1.82, 2.24) is 25.2 Å².